The number of hydrogen-bond donors (Lipinski definition) is 2. The zero-order chi connectivity index (χ0) is 21.0. The molecule has 0 aliphatic carbocycles. The summed E-state index contributed by atoms with van der Waals surface area (Å²) in [6, 6.07) is 6.10. The molecule has 4 heterocycles. The zero-order valence-corrected chi connectivity index (χ0v) is 17.2. The third kappa shape index (κ3) is 2.82. The second-order valence-corrected chi connectivity index (χ2v) is 8.46. The number of hydrogen-bond acceptors (Lipinski definition) is 6. The van der Waals surface area contributed by atoms with Crippen molar-refractivity contribution in [3.63, 3.8) is 0 Å². The van der Waals surface area contributed by atoms with Gasteiger partial charge in [0.15, 0.2) is 0 Å². The van der Waals surface area contributed by atoms with Crippen LogP contribution in [0.4, 0.5) is 11.5 Å². The van der Waals surface area contributed by atoms with Crippen molar-refractivity contribution in [2.75, 3.05) is 23.7 Å². The molecule has 9 heteroatoms. The number of aromatic nitrogens is 3. The molecule has 0 bridgehead atoms. The molecule has 8 nitrogen and oxygen atoms in total. The lowest BCUT2D eigenvalue weighted by molar-refractivity contribution is -0.129. The summed E-state index contributed by atoms with van der Waals surface area (Å²) in [6.45, 7) is 1.21. The highest BCUT2D eigenvalue weighted by Gasteiger charge is 2.48. The summed E-state index contributed by atoms with van der Waals surface area (Å²) in [5, 5.41) is 8.18. The lowest BCUT2D eigenvalue weighted by atomic mass is 9.77. The maximum Gasteiger partial charge on any atom is 0.233 e. The molecule has 0 unspecified atom stereocenters. The Morgan fingerprint density at radius 2 is 1.97 bits per heavy atom. The van der Waals surface area contributed by atoms with E-state index in [-0.39, 0.29) is 24.1 Å². The molecule has 2 aromatic heterocycles. The average Bonchev–Trinajstić information content (AvgIpc) is 3.23. The second-order valence-electron chi connectivity index (χ2n) is 8.08. The van der Waals surface area contributed by atoms with Crippen molar-refractivity contribution < 1.29 is 9.59 Å². The fraction of sp³-hybridized carbons (Fsp3) is 0.333. The van der Waals surface area contributed by atoms with Gasteiger partial charge in [-0.05, 0) is 30.5 Å². The quantitative estimate of drug-likeness (QED) is 0.612. The number of nitrogens with one attached hydrogen (secondary N) is 1. The normalized spacial score (nSPS) is 18.4. The van der Waals surface area contributed by atoms with Crippen molar-refractivity contribution >= 4 is 45.8 Å². The minimum atomic E-state index is -0.604. The molecule has 3 N–H and O–H groups in total. The number of benzene rings is 1. The lowest BCUT2D eigenvalue weighted by Gasteiger charge is -2.39. The van der Waals surface area contributed by atoms with Gasteiger partial charge in [-0.1, -0.05) is 17.7 Å². The summed E-state index contributed by atoms with van der Waals surface area (Å²) in [4.78, 5) is 30.5. The Kier molecular flexibility index (Phi) is 4.21. The number of nitrogens with two attached hydrogens (primary N) is 1. The Balaban J connectivity index is 1.53. The van der Waals surface area contributed by atoms with Gasteiger partial charge in [-0.3, -0.25) is 19.6 Å². The van der Waals surface area contributed by atoms with Crippen LogP contribution in [0.1, 0.15) is 19.3 Å². The first-order valence-corrected chi connectivity index (χ1v) is 10.2. The van der Waals surface area contributed by atoms with E-state index in [1.54, 1.807) is 6.20 Å². The minimum Gasteiger partial charge on any atom is -0.382 e. The molecule has 3 aromatic rings. The Labute approximate surface area is 178 Å². The molecule has 0 saturated carbocycles. The Morgan fingerprint density at radius 1 is 1.20 bits per heavy atom. The SMILES string of the molecule is Cn1ncc2cc(-c3cnc(N)c(Cl)c3N3CCC4(CC3)CC(=O)NC4=O)ccc21. The van der Waals surface area contributed by atoms with Gasteiger partial charge in [-0.15, -0.1) is 0 Å². The van der Waals surface area contributed by atoms with Crippen LogP contribution in [-0.4, -0.2) is 39.7 Å². The number of amides is 2. The number of nitrogens with zero attached hydrogens (tertiary/aromatic N) is 4. The first-order valence-electron chi connectivity index (χ1n) is 9.83. The summed E-state index contributed by atoms with van der Waals surface area (Å²) in [7, 11) is 1.91. The van der Waals surface area contributed by atoms with Gasteiger partial charge in [0, 0.05) is 43.7 Å². The predicted octanol–water partition coefficient (Wildman–Crippen LogP) is 2.50. The Morgan fingerprint density at radius 3 is 2.67 bits per heavy atom. The minimum absolute atomic E-state index is 0.158. The topological polar surface area (TPSA) is 106 Å². The first kappa shape index (κ1) is 18.9. The molecule has 5 rings (SSSR count). The van der Waals surface area contributed by atoms with Crippen LogP contribution in [0.15, 0.2) is 30.6 Å². The molecular weight excluding hydrogens is 404 g/mol. The fourth-order valence-electron chi connectivity index (χ4n) is 4.60. The smallest absolute Gasteiger partial charge is 0.233 e. The van der Waals surface area contributed by atoms with E-state index in [0.29, 0.717) is 31.0 Å². The molecule has 2 saturated heterocycles. The second kappa shape index (κ2) is 6.70. The van der Waals surface area contributed by atoms with E-state index >= 15 is 0 Å². The molecule has 0 radical (unpaired) electrons. The Bertz CT molecular complexity index is 1200. The highest BCUT2D eigenvalue weighted by Crippen LogP contribution is 2.45. The lowest BCUT2D eigenvalue weighted by Crippen LogP contribution is -2.44. The van der Waals surface area contributed by atoms with E-state index in [1.807, 2.05) is 30.1 Å². The van der Waals surface area contributed by atoms with Crippen molar-refractivity contribution in [3.8, 4) is 11.1 Å². The first-order chi connectivity index (χ1) is 14.4. The highest BCUT2D eigenvalue weighted by atomic mass is 35.5. The summed E-state index contributed by atoms with van der Waals surface area (Å²) in [5.74, 6) is -0.0770. The van der Waals surface area contributed by atoms with Crippen LogP contribution in [-0.2, 0) is 16.6 Å². The monoisotopic (exact) mass is 424 g/mol. The van der Waals surface area contributed by atoms with Gasteiger partial charge in [0.25, 0.3) is 0 Å². The number of halogens is 1. The van der Waals surface area contributed by atoms with Gasteiger partial charge in [-0.25, -0.2) is 4.98 Å². The number of rotatable bonds is 2. The molecule has 2 amide bonds. The van der Waals surface area contributed by atoms with Crippen LogP contribution in [0.3, 0.4) is 0 Å². The fourth-order valence-corrected chi connectivity index (χ4v) is 4.87. The molecule has 2 aliphatic rings. The van der Waals surface area contributed by atoms with Crippen LogP contribution in [0.2, 0.25) is 5.02 Å². The number of imide groups is 1. The number of carbonyl (C=O) groups is 2. The summed E-state index contributed by atoms with van der Waals surface area (Å²) < 4.78 is 1.83. The van der Waals surface area contributed by atoms with Crippen molar-refractivity contribution in [2.45, 2.75) is 19.3 Å². The summed E-state index contributed by atoms with van der Waals surface area (Å²) >= 11 is 6.63. The van der Waals surface area contributed by atoms with Crippen LogP contribution < -0.4 is 16.0 Å². The van der Waals surface area contributed by atoms with Gasteiger partial charge in [0.1, 0.15) is 10.8 Å². The number of piperidine rings is 1. The largest absolute Gasteiger partial charge is 0.382 e. The summed E-state index contributed by atoms with van der Waals surface area (Å²) in [5.41, 5.74) is 9.12. The van der Waals surface area contributed by atoms with Gasteiger partial charge >= 0.3 is 0 Å². The summed E-state index contributed by atoms with van der Waals surface area (Å²) in [6.07, 6.45) is 5.00. The Hall–Kier alpha value is -3.13. The molecule has 1 spiro atoms. The maximum absolute atomic E-state index is 12.3. The van der Waals surface area contributed by atoms with Crippen molar-refractivity contribution in [2.24, 2.45) is 12.5 Å². The van der Waals surface area contributed by atoms with E-state index in [0.717, 1.165) is 27.7 Å². The van der Waals surface area contributed by atoms with Crippen molar-refractivity contribution in [3.05, 3.63) is 35.6 Å². The average molecular weight is 425 g/mol. The van der Waals surface area contributed by atoms with E-state index in [9.17, 15) is 9.59 Å². The van der Waals surface area contributed by atoms with E-state index in [2.05, 4.69) is 26.4 Å². The van der Waals surface area contributed by atoms with Gasteiger partial charge in [0.2, 0.25) is 11.8 Å². The van der Waals surface area contributed by atoms with Gasteiger partial charge in [0.05, 0.1) is 22.8 Å². The maximum atomic E-state index is 12.3. The number of carbonyl (C=O) groups excluding carboxylic acids is 2. The van der Waals surface area contributed by atoms with Crippen LogP contribution in [0, 0.1) is 5.41 Å². The third-order valence-corrected chi connectivity index (χ3v) is 6.72. The molecule has 2 fully saturated rings. The van der Waals surface area contributed by atoms with Gasteiger partial charge in [-0.2, -0.15) is 5.10 Å². The number of pyridine rings is 1. The van der Waals surface area contributed by atoms with Crippen LogP contribution in [0.5, 0.6) is 0 Å². The number of fused-ring (bicyclic) bond motifs is 1. The molecule has 30 heavy (non-hydrogen) atoms. The van der Waals surface area contributed by atoms with Gasteiger partial charge < -0.3 is 10.6 Å². The van der Waals surface area contributed by atoms with Crippen LogP contribution in [0.25, 0.3) is 22.0 Å². The van der Waals surface area contributed by atoms with Crippen molar-refractivity contribution in [1.29, 1.82) is 0 Å². The standard InChI is InChI=1S/C21H21ClN6O2/c1-27-15-3-2-12(8-13(15)10-25-27)14-11-24-19(23)17(22)18(14)28-6-4-21(5-7-28)9-16(29)26-20(21)30/h2-3,8,10-11H,4-7,9H2,1H3,(H2,23,24)(H,26,29,30). The number of aryl methyl sites for hydroxylation is 1. The third-order valence-electron chi connectivity index (χ3n) is 6.35. The van der Waals surface area contributed by atoms with E-state index in [1.165, 1.54) is 0 Å². The molecule has 0 atom stereocenters. The van der Waals surface area contributed by atoms with Crippen LogP contribution >= 0.6 is 11.6 Å². The van der Waals surface area contributed by atoms with E-state index in [4.69, 9.17) is 17.3 Å². The molecule has 154 valence electrons. The number of anilines is 2. The zero-order valence-electron chi connectivity index (χ0n) is 16.5. The highest BCUT2D eigenvalue weighted by molar-refractivity contribution is 6.36. The molecule has 2 aliphatic heterocycles. The molecule has 1 aromatic carbocycles. The predicted molar refractivity (Wildman–Crippen MR) is 115 cm³/mol. The van der Waals surface area contributed by atoms with Crippen molar-refractivity contribution in [1.82, 2.24) is 20.1 Å². The number of nitrogen functional groups attached to an aromatic ring is 1. The van der Waals surface area contributed by atoms with E-state index < -0.39 is 5.41 Å². The molecular formula is C21H21ClN6O2.